The van der Waals surface area contributed by atoms with Crippen molar-refractivity contribution >= 4 is 22.5 Å². The maximum atomic E-state index is 13.5. The quantitative estimate of drug-likeness (QED) is 0.299. The first-order valence-electron chi connectivity index (χ1n) is 14.4. The van der Waals surface area contributed by atoms with E-state index in [1.165, 1.54) is 18.5 Å². The van der Waals surface area contributed by atoms with Gasteiger partial charge in [-0.05, 0) is 86.9 Å². The van der Waals surface area contributed by atoms with Crippen LogP contribution in [0.25, 0.3) is 22.2 Å². The molecular weight excluding hydrogens is 486 g/mol. The first-order valence-corrected chi connectivity index (χ1v) is 14.4. The molecule has 3 aliphatic rings. The van der Waals surface area contributed by atoms with Crippen molar-refractivity contribution in [3.05, 3.63) is 78.1 Å². The zero-order valence-electron chi connectivity index (χ0n) is 22.1. The molecule has 200 valence electrons. The van der Waals surface area contributed by atoms with E-state index in [4.69, 9.17) is 0 Å². The zero-order chi connectivity index (χ0) is 26.3. The molecule has 2 bridgehead atoms. The monoisotopic (exact) mass is 521 g/mol. The van der Waals surface area contributed by atoms with E-state index in [1.807, 2.05) is 36.4 Å². The average molecular weight is 522 g/mol. The van der Waals surface area contributed by atoms with Gasteiger partial charge < -0.3 is 15.3 Å². The van der Waals surface area contributed by atoms with Crippen LogP contribution in [0, 0.1) is 5.92 Å². The van der Waals surface area contributed by atoms with E-state index in [0.717, 1.165) is 66.4 Å². The number of piperidine rings is 1. The number of aliphatic hydroxyl groups excluding tert-OH is 1. The number of aromatic amines is 1. The van der Waals surface area contributed by atoms with E-state index < -0.39 is 0 Å². The number of aliphatic hydroxyl groups is 1. The van der Waals surface area contributed by atoms with Crippen LogP contribution in [0.1, 0.15) is 73.5 Å². The molecule has 0 radical (unpaired) electrons. The number of fused-ring (bicyclic) bond motifs is 3. The highest BCUT2D eigenvalue weighted by molar-refractivity contribution is 6.01. The summed E-state index contributed by atoms with van der Waals surface area (Å²) in [5.74, 6) is 0.332. The predicted octanol–water partition coefficient (Wildman–Crippen LogP) is 5.78. The molecule has 7 nitrogen and oxygen atoms in total. The number of benzene rings is 2. The lowest BCUT2D eigenvalue weighted by Gasteiger charge is -2.39. The van der Waals surface area contributed by atoms with Gasteiger partial charge in [0.2, 0.25) is 0 Å². The number of aromatic nitrogens is 3. The fraction of sp³-hybridized carbons (Fsp3) is 0.406. The average Bonchev–Trinajstić information content (AvgIpc) is 3.70. The van der Waals surface area contributed by atoms with Gasteiger partial charge in [0.05, 0.1) is 29.1 Å². The van der Waals surface area contributed by atoms with Gasteiger partial charge in [0, 0.05) is 40.5 Å². The predicted molar refractivity (Wildman–Crippen MR) is 152 cm³/mol. The lowest BCUT2D eigenvalue weighted by molar-refractivity contribution is 0.0920. The molecule has 3 N–H and O–H groups in total. The number of pyridine rings is 1. The number of rotatable bonds is 6. The second-order valence-corrected chi connectivity index (χ2v) is 11.5. The minimum atomic E-state index is -0.169. The lowest BCUT2D eigenvalue weighted by Crippen LogP contribution is -2.44. The van der Waals surface area contributed by atoms with Crippen molar-refractivity contribution in [2.75, 3.05) is 4.90 Å². The summed E-state index contributed by atoms with van der Waals surface area (Å²) in [6, 6.07) is 21.1. The van der Waals surface area contributed by atoms with Crippen LogP contribution >= 0.6 is 0 Å². The van der Waals surface area contributed by atoms with Crippen LogP contribution < -0.4 is 10.2 Å². The second kappa shape index (κ2) is 10.1. The van der Waals surface area contributed by atoms with Crippen molar-refractivity contribution in [1.29, 1.82) is 0 Å². The van der Waals surface area contributed by atoms with E-state index in [0.29, 0.717) is 23.6 Å². The van der Waals surface area contributed by atoms with Gasteiger partial charge in [-0.1, -0.05) is 31.0 Å². The fourth-order valence-electron chi connectivity index (χ4n) is 7.25. The molecule has 1 aliphatic carbocycles. The summed E-state index contributed by atoms with van der Waals surface area (Å²) in [5, 5.41) is 22.2. The number of anilines is 1. The van der Waals surface area contributed by atoms with Crippen LogP contribution in [0.3, 0.4) is 0 Å². The summed E-state index contributed by atoms with van der Waals surface area (Å²) >= 11 is 0. The number of nitrogens with one attached hydrogen (secondary N) is 2. The summed E-state index contributed by atoms with van der Waals surface area (Å²) in [6.07, 6.45) is 10.3. The molecule has 4 heterocycles. The molecule has 2 aliphatic heterocycles. The normalized spacial score (nSPS) is 23.8. The largest absolute Gasteiger partial charge is 0.393 e. The highest BCUT2D eigenvalue weighted by atomic mass is 16.3. The Kier molecular flexibility index (Phi) is 6.31. The number of carbonyl (C=O) groups excluding carboxylic acids is 1. The summed E-state index contributed by atoms with van der Waals surface area (Å²) < 4.78 is 0. The van der Waals surface area contributed by atoms with Crippen molar-refractivity contribution < 1.29 is 9.90 Å². The Morgan fingerprint density at radius 3 is 2.46 bits per heavy atom. The number of hydrogen-bond donors (Lipinski definition) is 3. The lowest BCUT2D eigenvalue weighted by atomic mass is 9.94. The third-order valence-corrected chi connectivity index (χ3v) is 9.14. The van der Waals surface area contributed by atoms with Crippen molar-refractivity contribution in [3.63, 3.8) is 0 Å². The molecule has 4 atom stereocenters. The maximum absolute atomic E-state index is 13.5. The van der Waals surface area contributed by atoms with Crippen molar-refractivity contribution in [2.24, 2.45) is 5.92 Å². The van der Waals surface area contributed by atoms with Crippen molar-refractivity contribution in [3.8, 4) is 11.3 Å². The molecular formula is C32H35N5O2. The molecule has 7 rings (SSSR count). The third kappa shape index (κ3) is 4.59. The minimum Gasteiger partial charge on any atom is -0.393 e. The molecule has 1 saturated carbocycles. The number of nitrogens with zero attached hydrogens (tertiary/aromatic N) is 3. The van der Waals surface area contributed by atoms with Crippen molar-refractivity contribution in [2.45, 2.75) is 75.6 Å². The molecule has 0 spiro atoms. The standard InChI is InChI=1S/C32H35N5O2/c38-26-18-24-13-14-25(19-26)37(24)23-11-8-21(9-12-23)30-27-17-22(10-15-28(27)35-36-30)32(39)34-31(20-5-1-2-6-20)29-7-3-4-16-33-29/h3-4,7-12,15-17,20,24-26,31,38H,1-2,5-6,13-14,18-19H2,(H,34,39)(H,35,36)/t24-,25+,26-,31-/m1/s1. The molecule has 0 unspecified atom stereocenters. The van der Waals surface area contributed by atoms with Crippen LogP contribution in [0.2, 0.25) is 0 Å². The Bertz CT molecular complexity index is 1450. The van der Waals surface area contributed by atoms with E-state index in [1.54, 1.807) is 6.20 Å². The molecule has 2 aromatic carbocycles. The van der Waals surface area contributed by atoms with Gasteiger partial charge in [0.15, 0.2) is 0 Å². The third-order valence-electron chi connectivity index (χ3n) is 9.14. The molecule has 2 saturated heterocycles. The first kappa shape index (κ1) is 24.3. The molecule has 1 amide bonds. The van der Waals surface area contributed by atoms with Gasteiger partial charge in [-0.25, -0.2) is 0 Å². The van der Waals surface area contributed by atoms with Gasteiger partial charge in [0.1, 0.15) is 0 Å². The van der Waals surface area contributed by atoms with Crippen LogP contribution in [0.15, 0.2) is 66.9 Å². The number of carbonyl (C=O) groups is 1. The highest BCUT2D eigenvalue weighted by Gasteiger charge is 2.40. The van der Waals surface area contributed by atoms with E-state index >= 15 is 0 Å². The number of hydrogen-bond acceptors (Lipinski definition) is 5. The van der Waals surface area contributed by atoms with Gasteiger partial charge >= 0.3 is 0 Å². The van der Waals surface area contributed by atoms with E-state index in [2.05, 4.69) is 49.7 Å². The van der Waals surface area contributed by atoms with Crippen LogP contribution in [-0.4, -0.2) is 44.4 Å². The van der Waals surface area contributed by atoms with Gasteiger partial charge in [0.25, 0.3) is 5.91 Å². The summed E-state index contributed by atoms with van der Waals surface area (Å²) in [4.78, 5) is 20.6. The first-order chi connectivity index (χ1) is 19.1. The Morgan fingerprint density at radius 2 is 1.74 bits per heavy atom. The minimum absolute atomic E-state index is 0.0790. The van der Waals surface area contributed by atoms with Crippen LogP contribution in [-0.2, 0) is 0 Å². The van der Waals surface area contributed by atoms with Gasteiger partial charge in [-0.2, -0.15) is 5.10 Å². The van der Waals surface area contributed by atoms with Crippen LogP contribution in [0.4, 0.5) is 5.69 Å². The molecule has 4 aromatic rings. The number of amides is 1. The molecule has 39 heavy (non-hydrogen) atoms. The Morgan fingerprint density at radius 1 is 0.974 bits per heavy atom. The van der Waals surface area contributed by atoms with Crippen LogP contribution in [0.5, 0.6) is 0 Å². The van der Waals surface area contributed by atoms with Gasteiger partial charge in [-0.15, -0.1) is 0 Å². The maximum Gasteiger partial charge on any atom is 0.251 e. The Balaban J connectivity index is 1.14. The zero-order valence-corrected chi connectivity index (χ0v) is 22.1. The topological polar surface area (TPSA) is 94.1 Å². The smallest absolute Gasteiger partial charge is 0.251 e. The fourth-order valence-corrected chi connectivity index (χ4v) is 7.25. The molecule has 2 aromatic heterocycles. The summed E-state index contributed by atoms with van der Waals surface area (Å²) in [6.45, 7) is 0. The Labute approximate surface area is 228 Å². The summed E-state index contributed by atoms with van der Waals surface area (Å²) in [5.41, 5.74) is 5.55. The van der Waals surface area contributed by atoms with Gasteiger partial charge in [-0.3, -0.25) is 14.9 Å². The van der Waals surface area contributed by atoms with E-state index in [9.17, 15) is 9.90 Å². The van der Waals surface area contributed by atoms with E-state index in [-0.39, 0.29) is 18.1 Å². The molecule has 7 heteroatoms. The van der Waals surface area contributed by atoms with Crippen molar-refractivity contribution in [1.82, 2.24) is 20.5 Å². The summed E-state index contributed by atoms with van der Waals surface area (Å²) in [7, 11) is 0. The number of H-pyrrole nitrogens is 1. The second-order valence-electron chi connectivity index (χ2n) is 11.5. The highest BCUT2D eigenvalue weighted by Crippen LogP contribution is 2.40. The Hall–Kier alpha value is -3.71. The molecule has 3 fully saturated rings. The SMILES string of the molecule is O=C(N[C@@H](c1ccccn1)C1CCCC1)c1ccc2[nH]nc(-c3ccc(N4[C@@H]5CC[C@H]4C[C@H](O)C5)cc3)c2c1.